The van der Waals surface area contributed by atoms with Crippen LogP contribution in [0.15, 0.2) is 65.4 Å². The fourth-order valence-corrected chi connectivity index (χ4v) is 4.31. The first-order chi connectivity index (χ1) is 14.3. The van der Waals surface area contributed by atoms with Crippen LogP contribution in [0.2, 0.25) is 5.02 Å². The molecule has 3 heterocycles. The number of pyridine rings is 1. The lowest BCUT2D eigenvalue weighted by Gasteiger charge is -2.26. The summed E-state index contributed by atoms with van der Waals surface area (Å²) in [6.45, 7) is 1.92. The summed E-state index contributed by atoms with van der Waals surface area (Å²) in [7, 11) is 0. The molecule has 146 valence electrons. The highest BCUT2D eigenvalue weighted by Crippen LogP contribution is 2.31. The summed E-state index contributed by atoms with van der Waals surface area (Å²) in [6, 6.07) is 17.9. The minimum absolute atomic E-state index is 0.0262. The van der Waals surface area contributed by atoms with Gasteiger partial charge in [0, 0.05) is 34.4 Å². The largest absolute Gasteiger partial charge is 0.486 e. The van der Waals surface area contributed by atoms with Crippen molar-refractivity contribution in [2.45, 2.75) is 12.6 Å². The molecule has 0 radical (unpaired) electrons. The average Bonchev–Trinajstić information content (AvgIpc) is 3.28. The lowest BCUT2D eigenvalue weighted by atomic mass is 10.1. The second-order valence-electron chi connectivity index (χ2n) is 6.97. The molecule has 0 unspecified atom stereocenters. The van der Waals surface area contributed by atoms with Crippen LogP contribution in [0.25, 0.3) is 22.2 Å². The number of aromatic nitrogens is 1. The van der Waals surface area contributed by atoms with Gasteiger partial charge in [-0.05, 0) is 47.3 Å². The van der Waals surface area contributed by atoms with E-state index in [1.165, 1.54) is 0 Å². The van der Waals surface area contributed by atoms with Gasteiger partial charge in [0.25, 0.3) is 0 Å². The van der Waals surface area contributed by atoms with E-state index in [4.69, 9.17) is 26.1 Å². The maximum absolute atomic E-state index is 6.17. The Hall–Kier alpha value is -2.60. The molecule has 29 heavy (non-hydrogen) atoms. The van der Waals surface area contributed by atoms with E-state index in [0.717, 1.165) is 39.2 Å². The third kappa shape index (κ3) is 3.94. The predicted molar refractivity (Wildman–Crippen MR) is 118 cm³/mol. The average molecular weight is 423 g/mol. The van der Waals surface area contributed by atoms with Gasteiger partial charge in [-0.25, -0.2) is 4.98 Å². The Morgan fingerprint density at radius 1 is 1.10 bits per heavy atom. The van der Waals surface area contributed by atoms with Gasteiger partial charge in [-0.15, -0.1) is 0 Å². The number of thiophene rings is 1. The first-order valence-electron chi connectivity index (χ1n) is 9.47. The van der Waals surface area contributed by atoms with Crippen molar-refractivity contribution in [2.75, 3.05) is 13.2 Å². The van der Waals surface area contributed by atoms with Gasteiger partial charge in [0.2, 0.25) is 0 Å². The smallest absolute Gasteiger partial charge is 0.161 e. The quantitative estimate of drug-likeness (QED) is 0.458. The highest BCUT2D eigenvalue weighted by atomic mass is 35.5. The van der Waals surface area contributed by atoms with Gasteiger partial charge < -0.3 is 14.8 Å². The lowest BCUT2D eigenvalue weighted by molar-refractivity contribution is 0.0902. The molecule has 4 nitrogen and oxygen atoms in total. The Morgan fingerprint density at radius 3 is 2.86 bits per heavy atom. The minimum Gasteiger partial charge on any atom is -0.486 e. The summed E-state index contributed by atoms with van der Waals surface area (Å²) in [5, 5.41) is 9.48. The third-order valence-corrected chi connectivity index (χ3v) is 5.83. The molecule has 2 aromatic heterocycles. The molecule has 0 fully saturated rings. The van der Waals surface area contributed by atoms with Crippen molar-refractivity contribution in [1.82, 2.24) is 10.3 Å². The van der Waals surface area contributed by atoms with Crippen LogP contribution in [0, 0.1) is 0 Å². The molecule has 1 aliphatic rings. The monoisotopic (exact) mass is 422 g/mol. The van der Waals surface area contributed by atoms with E-state index in [1.54, 1.807) is 11.3 Å². The van der Waals surface area contributed by atoms with Gasteiger partial charge in [-0.1, -0.05) is 29.8 Å². The van der Waals surface area contributed by atoms with Gasteiger partial charge in [0.15, 0.2) is 11.5 Å². The predicted octanol–water partition coefficient (Wildman–Crippen LogP) is 5.55. The number of nitrogens with one attached hydrogen (secondary N) is 1. The molecule has 0 spiro atoms. The Labute approximate surface area is 178 Å². The molecule has 1 atom stereocenters. The molecular weight excluding hydrogens is 404 g/mol. The number of rotatable bonds is 5. The van der Waals surface area contributed by atoms with Crippen molar-refractivity contribution in [3.8, 4) is 22.8 Å². The molecule has 0 amide bonds. The number of halogens is 1. The molecule has 5 rings (SSSR count). The summed E-state index contributed by atoms with van der Waals surface area (Å²) >= 11 is 7.83. The summed E-state index contributed by atoms with van der Waals surface area (Å²) in [5.41, 5.74) is 4.16. The highest BCUT2D eigenvalue weighted by molar-refractivity contribution is 7.08. The van der Waals surface area contributed by atoms with Gasteiger partial charge >= 0.3 is 0 Å². The number of nitrogens with zero attached hydrogens (tertiary/aromatic N) is 1. The molecule has 6 heteroatoms. The molecule has 0 bridgehead atoms. The van der Waals surface area contributed by atoms with Crippen molar-refractivity contribution in [3.05, 3.63) is 75.9 Å². The zero-order chi connectivity index (χ0) is 19.6. The molecule has 4 aromatic rings. The number of hydrogen-bond acceptors (Lipinski definition) is 5. The highest BCUT2D eigenvalue weighted by Gasteiger charge is 2.20. The third-order valence-electron chi connectivity index (χ3n) is 4.91. The SMILES string of the molecule is Clc1ccc2cc(CNC[C@H]3COc4ccccc4O3)c(-c3ccsc3)nc2c1. The van der Waals surface area contributed by atoms with Crippen LogP contribution in [-0.4, -0.2) is 24.2 Å². The van der Waals surface area contributed by atoms with Crippen LogP contribution in [0.3, 0.4) is 0 Å². The van der Waals surface area contributed by atoms with Crippen LogP contribution in [0.5, 0.6) is 11.5 Å². The Balaban J connectivity index is 1.35. The minimum atomic E-state index is -0.0262. The first kappa shape index (κ1) is 18.4. The molecule has 0 saturated heterocycles. The molecule has 0 aliphatic carbocycles. The van der Waals surface area contributed by atoms with E-state index >= 15 is 0 Å². The van der Waals surface area contributed by atoms with Crippen LogP contribution in [0.4, 0.5) is 0 Å². The fourth-order valence-electron chi connectivity index (χ4n) is 3.50. The van der Waals surface area contributed by atoms with Gasteiger partial charge in [-0.3, -0.25) is 0 Å². The number of hydrogen-bond donors (Lipinski definition) is 1. The van der Waals surface area contributed by atoms with Gasteiger partial charge in [-0.2, -0.15) is 11.3 Å². The maximum Gasteiger partial charge on any atom is 0.161 e. The van der Waals surface area contributed by atoms with Crippen molar-refractivity contribution in [3.63, 3.8) is 0 Å². The molecule has 1 aliphatic heterocycles. The fraction of sp³-hybridized carbons (Fsp3) is 0.174. The number of para-hydroxylation sites is 2. The summed E-state index contributed by atoms with van der Waals surface area (Å²) in [5.74, 6) is 1.61. The van der Waals surface area contributed by atoms with E-state index in [-0.39, 0.29) is 6.10 Å². The number of fused-ring (bicyclic) bond motifs is 2. The summed E-state index contributed by atoms with van der Waals surface area (Å²) < 4.78 is 11.8. The Morgan fingerprint density at radius 2 is 2.00 bits per heavy atom. The van der Waals surface area contributed by atoms with E-state index < -0.39 is 0 Å². The molecular formula is C23H19ClN2O2S. The van der Waals surface area contributed by atoms with Crippen molar-refractivity contribution in [2.24, 2.45) is 0 Å². The second kappa shape index (κ2) is 8.03. The standard InChI is InChI=1S/C23H19ClN2O2S/c24-18-6-5-15-9-17(23(26-20(15)10-18)16-7-8-29-14-16)11-25-12-19-13-27-21-3-1-2-4-22(21)28-19/h1-10,14,19,25H,11-13H2/t19-/m0/s1. The van der Waals surface area contributed by atoms with Crippen molar-refractivity contribution in [1.29, 1.82) is 0 Å². The van der Waals surface area contributed by atoms with E-state index in [1.807, 2.05) is 42.5 Å². The van der Waals surface area contributed by atoms with Crippen LogP contribution < -0.4 is 14.8 Å². The zero-order valence-electron chi connectivity index (χ0n) is 15.6. The summed E-state index contributed by atoms with van der Waals surface area (Å²) in [4.78, 5) is 4.90. The van der Waals surface area contributed by atoms with Crippen molar-refractivity contribution < 1.29 is 9.47 Å². The van der Waals surface area contributed by atoms with Crippen LogP contribution in [0.1, 0.15) is 5.56 Å². The zero-order valence-corrected chi connectivity index (χ0v) is 17.2. The molecule has 2 aromatic carbocycles. The van der Waals surface area contributed by atoms with Crippen molar-refractivity contribution >= 4 is 33.8 Å². The van der Waals surface area contributed by atoms with Crippen LogP contribution >= 0.6 is 22.9 Å². The normalized spacial score (nSPS) is 15.6. The van der Waals surface area contributed by atoms with Gasteiger partial charge in [0.1, 0.15) is 12.7 Å². The second-order valence-corrected chi connectivity index (χ2v) is 8.19. The molecule has 0 saturated carbocycles. The maximum atomic E-state index is 6.17. The van der Waals surface area contributed by atoms with Crippen LogP contribution in [-0.2, 0) is 6.54 Å². The van der Waals surface area contributed by atoms with E-state index in [2.05, 4.69) is 28.2 Å². The Kier molecular flexibility index (Phi) is 5.10. The summed E-state index contributed by atoms with van der Waals surface area (Å²) in [6.07, 6.45) is -0.0262. The molecule has 1 N–H and O–H groups in total. The van der Waals surface area contributed by atoms with Gasteiger partial charge in [0.05, 0.1) is 11.2 Å². The Bertz CT molecular complexity index is 1150. The number of ether oxygens (including phenoxy) is 2. The topological polar surface area (TPSA) is 43.4 Å². The lowest BCUT2D eigenvalue weighted by Crippen LogP contribution is -2.38. The van der Waals surface area contributed by atoms with E-state index in [0.29, 0.717) is 24.7 Å². The van der Waals surface area contributed by atoms with E-state index in [9.17, 15) is 0 Å². The first-order valence-corrected chi connectivity index (χ1v) is 10.8. The number of benzene rings is 2.